The molecule has 1 atom stereocenters. The van der Waals surface area contributed by atoms with E-state index in [1.807, 2.05) is 0 Å². The Morgan fingerprint density at radius 2 is 1.47 bits per heavy atom. The Hall–Kier alpha value is -0.160. The minimum atomic E-state index is -0.954. The average Bonchev–Trinajstić information content (AvgIpc) is 2.30. The summed E-state index contributed by atoms with van der Waals surface area (Å²) >= 11 is 0. The minimum absolute atomic E-state index is 0.365. The molecule has 4 heteroatoms. The molecule has 0 aromatic rings. The Balaban J connectivity index is 0. The number of aliphatic hydroxyl groups excluding tert-OH is 4. The topological polar surface area (TPSA) is 80.9 Å². The largest absolute Gasteiger partial charge is 0.396 e. The van der Waals surface area contributed by atoms with Crippen LogP contribution in [0.2, 0.25) is 0 Å². The highest BCUT2D eigenvalue weighted by Crippen LogP contribution is 2.10. The molecule has 94 valence electrons. The third-order valence-corrected chi connectivity index (χ3v) is 2.22. The van der Waals surface area contributed by atoms with E-state index in [0.29, 0.717) is 12.5 Å². The molecule has 0 saturated carbocycles. The van der Waals surface area contributed by atoms with Gasteiger partial charge in [0.05, 0.1) is 13.2 Å². The van der Waals surface area contributed by atoms with Crippen molar-refractivity contribution in [2.45, 2.75) is 45.6 Å². The second kappa shape index (κ2) is 13.8. The van der Waals surface area contributed by atoms with Crippen LogP contribution in [0.4, 0.5) is 0 Å². The Kier molecular flexibility index (Phi) is 15.9. The van der Waals surface area contributed by atoms with Crippen LogP contribution in [0.3, 0.4) is 0 Å². The molecule has 0 aliphatic carbocycles. The summed E-state index contributed by atoms with van der Waals surface area (Å²) in [5.41, 5.74) is 0. The van der Waals surface area contributed by atoms with E-state index in [2.05, 4.69) is 13.8 Å². The van der Waals surface area contributed by atoms with Crippen molar-refractivity contribution in [3.8, 4) is 0 Å². The van der Waals surface area contributed by atoms with Crippen LogP contribution in [0.15, 0.2) is 0 Å². The number of hydrogen-bond acceptors (Lipinski definition) is 4. The van der Waals surface area contributed by atoms with Crippen molar-refractivity contribution in [3.63, 3.8) is 0 Å². The molecule has 1 unspecified atom stereocenters. The van der Waals surface area contributed by atoms with Crippen molar-refractivity contribution < 1.29 is 20.4 Å². The average molecular weight is 222 g/mol. The van der Waals surface area contributed by atoms with E-state index in [-0.39, 0.29) is 13.2 Å². The predicted molar refractivity (Wildman–Crippen MR) is 60.6 cm³/mol. The first-order valence-corrected chi connectivity index (χ1v) is 5.66. The zero-order valence-electron chi connectivity index (χ0n) is 9.89. The summed E-state index contributed by atoms with van der Waals surface area (Å²) in [7, 11) is 0. The Morgan fingerprint density at radius 1 is 0.933 bits per heavy atom. The lowest BCUT2D eigenvalue weighted by molar-refractivity contribution is 0.0450. The third-order valence-electron chi connectivity index (χ3n) is 2.22. The Labute approximate surface area is 92.6 Å². The van der Waals surface area contributed by atoms with Crippen LogP contribution >= 0.6 is 0 Å². The van der Waals surface area contributed by atoms with Gasteiger partial charge in [0.25, 0.3) is 0 Å². The zero-order valence-corrected chi connectivity index (χ0v) is 9.89. The smallest absolute Gasteiger partial charge is 0.100 e. The van der Waals surface area contributed by atoms with E-state index in [1.54, 1.807) is 0 Å². The van der Waals surface area contributed by atoms with Gasteiger partial charge in [0.1, 0.15) is 6.10 Å². The van der Waals surface area contributed by atoms with Crippen molar-refractivity contribution in [1.29, 1.82) is 0 Å². The maximum absolute atomic E-state index is 8.75. The van der Waals surface area contributed by atoms with Crippen LogP contribution < -0.4 is 0 Å². The second-order valence-electron chi connectivity index (χ2n) is 3.62. The highest BCUT2D eigenvalue weighted by Gasteiger charge is 2.01. The molecule has 0 bridgehead atoms. The minimum Gasteiger partial charge on any atom is -0.396 e. The van der Waals surface area contributed by atoms with Gasteiger partial charge in [0.15, 0.2) is 0 Å². The van der Waals surface area contributed by atoms with Gasteiger partial charge < -0.3 is 20.4 Å². The van der Waals surface area contributed by atoms with E-state index in [4.69, 9.17) is 20.4 Å². The molecule has 0 aliphatic heterocycles. The molecule has 0 amide bonds. The first-order chi connectivity index (χ1) is 7.15. The fraction of sp³-hybridized carbons (Fsp3) is 1.00. The van der Waals surface area contributed by atoms with Crippen molar-refractivity contribution in [2.75, 3.05) is 19.8 Å². The normalized spacial score (nSPS) is 12.2. The highest BCUT2D eigenvalue weighted by atomic mass is 16.3. The Bertz CT molecular complexity index is 101. The molecule has 0 fully saturated rings. The summed E-state index contributed by atoms with van der Waals surface area (Å²) in [5, 5.41) is 32.8. The summed E-state index contributed by atoms with van der Waals surface area (Å²) in [6.07, 6.45) is 3.88. The van der Waals surface area contributed by atoms with Crippen LogP contribution in [0.5, 0.6) is 0 Å². The fourth-order valence-corrected chi connectivity index (χ4v) is 0.975. The van der Waals surface area contributed by atoms with Gasteiger partial charge >= 0.3 is 0 Å². The van der Waals surface area contributed by atoms with E-state index >= 15 is 0 Å². The van der Waals surface area contributed by atoms with Crippen molar-refractivity contribution >= 4 is 0 Å². The molecule has 15 heavy (non-hydrogen) atoms. The highest BCUT2D eigenvalue weighted by molar-refractivity contribution is 4.53. The molecule has 0 aliphatic rings. The van der Waals surface area contributed by atoms with Gasteiger partial charge in [0, 0.05) is 6.61 Å². The van der Waals surface area contributed by atoms with E-state index in [9.17, 15) is 0 Å². The predicted octanol–water partition coefficient (Wildman–Crippen LogP) is 0.527. The molecule has 4 N–H and O–H groups in total. The van der Waals surface area contributed by atoms with E-state index in [1.165, 1.54) is 19.3 Å². The summed E-state index contributed by atoms with van der Waals surface area (Å²) in [6.45, 7) is 3.96. The van der Waals surface area contributed by atoms with E-state index in [0.717, 1.165) is 6.42 Å². The first kappa shape index (κ1) is 17.2. The van der Waals surface area contributed by atoms with Crippen LogP contribution in [0.25, 0.3) is 0 Å². The van der Waals surface area contributed by atoms with Crippen LogP contribution in [0.1, 0.15) is 39.5 Å². The molecular formula is C11H26O4. The third kappa shape index (κ3) is 13.8. The van der Waals surface area contributed by atoms with E-state index < -0.39 is 6.10 Å². The summed E-state index contributed by atoms with van der Waals surface area (Å²) in [4.78, 5) is 0. The lowest BCUT2D eigenvalue weighted by atomic mass is 10.0. The number of hydrogen-bond donors (Lipinski definition) is 4. The molecule has 0 heterocycles. The van der Waals surface area contributed by atoms with Crippen molar-refractivity contribution in [3.05, 3.63) is 0 Å². The maximum atomic E-state index is 8.75. The number of rotatable bonds is 7. The maximum Gasteiger partial charge on any atom is 0.100 e. The standard InChI is InChI=1S/C8H18O.C3H8O3/c1-3-5-6-8(4-2)7-9;4-1-3(6)2-5/h8-9H,3-7H2,1-2H3;3-6H,1-2H2. The molecule has 0 aromatic heterocycles. The molecule has 0 saturated heterocycles. The van der Waals surface area contributed by atoms with Gasteiger partial charge in [-0.05, 0) is 12.3 Å². The van der Waals surface area contributed by atoms with Crippen LogP contribution in [-0.2, 0) is 0 Å². The lowest BCUT2D eigenvalue weighted by Gasteiger charge is -2.08. The molecule has 0 aromatic carbocycles. The monoisotopic (exact) mass is 222 g/mol. The van der Waals surface area contributed by atoms with Gasteiger partial charge in [0.2, 0.25) is 0 Å². The summed E-state index contributed by atoms with van der Waals surface area (Å²) < 4.78 is 0. The van der Waals surface area contributed by atoms with Gasteiger partial charge in [-0.25, -0.2) is 0 Å². The molecule has 0 rings (SSSR count). The summed E-state index contributed by atoms with van der Waals surface area (Å²) in [5.74, 6) is 0.560. The van der Waals surface area contributed by atoms with Gasteiger partial charge in [-0.1, -0.05) is 33.1 Å². The van der Waals surface area contributed by atoms with Gasteiger partial charge in [-0.2, -0.15) is 0 Å². The van der Waals surface area contributed by atoms with Crippen LogP contribution in [-0.4, -0.2) is 46.4 Å². The zero-order chi connectivity index (χ0) is 12.1. The van der Waals surface area contributed by atoms with Crippen LogP contribution in [0, 0.1) is 5.92 Å². The lowest BCUT2D eigenvalue weighted by Crippen LogP contribution is -2.15. The number of aliphatic hydroxyl groups is 4. The summed E-state index contributed by atoms with van der Waals surface area (Å²) in [6, 6.07) is 0. The van der Waals surface area contributed by atoms with Crippen molar-refractivity contribution in [2.24, 2.45) is 5.92 Å². The van der Waals surface area contributed by atoms with Crippen molar-refractivity contribution in [1.82, 2.24) is 0 Å². The first-order valence-electron chi connectivity index (χ1n) is 5.66. The van der Waals surface area contributed by atoms with Gasteiger partial charge in [-0.15, -0.1) is 0 Å². The second-order valence-corrected chi connectivity index (χ2v) is 3.62. The molecule has 0 radical (unpaired) electrons. The SMILES string of the molecule is CCCCC(CC)CO.OCC(O)CO. The fourth-order valence-electron chi connectivity index (χ4n) is 0.975. The Morgan fingerprint density at radius 3 is 1.67 bits per heavy atom. The quantitative estimate of drug-likeness (QED) is 0.506. The van der Waals surface area contributed by atoms with Gasteiger partial charge in [-0.3, -0.25) is 0 Å². The molecule has 0 spiro atoms. The molecule has 4 nitrogen and oxygen atoms in total. The molecular weight excluding hydrogens is 196 g/mol. The number of unbranched alkanes of at least 4 members (excludes halogenated alkanes) is 1.